The van der Waals surface area contributed by atoms with E-state index in [4.69, 9.17) is 9.47 Å². The van der Waals surface area contributed by atoms with Gasteiger partial charge in [0.15, 0.2) is 0 Å². The van der Waals surface area contributed by atoms with E-state index in [2.05, 4.69) is 5.32 Å². The lowest BCUT2D eigenvalue weighted by Gasteiger charge is -2.21. The van der Waals surface area contributed by atoms with E-state index in [1.807, 2.05) is 0 Å². The zero-order valence-corrected chi connectivity index (χ0v) is 8.56. The van der Waals surface area contributed by atoms with E-state index in [1.54, 1.807) is 18.9 Å². The monoisotopic (exact) mass is 205 g/mol. The Morgan fingerprint density at radius 1 is 1.62 bits per heavy atom. The number of ether oxygens (including phenoxy) is 2. The van der Waals surface area contributed by atoms with Crippen LogP contribution in [0.25, 0.3) is 0 Å². The Labute approximate surface area is 82.3 Å². The minimum absolute atomic E-state index is 0.129. The van der Waals surface area contributed by atoms with Crippen LogP contribution in [-0.4, -0.2) is 50.4 Å². The van der Waals surface area contributed by atoms with E-state index in [0.29, 0.717) is 13.2 Å². The van der Waals surface area contributed by atoms with E-state index in [0.717, 1.165) is 18.1 Å². The Bertz CT molecular complexity index is 159. The maximum absolute atomic E-state index is 11.3. The molecule has 0 aromatic carbocycles. The molecule has 0 aliphatic carbocycles. The van der Waals surface area contributed by atoms with Crippen molar-refractivity contribution in [3.05, 3.63) is 0 Å². The molecule has 1 N–H and O–H groups in total. The molecule has 0 amide bonds. The molecule has 0 aromatic rings. The van der Waals surface area contributed by atoms with Crippen LogP contribution in [0.1, 0.15) is 0 Å². The summed E-state index contributed by atoms with van der Waals surface area (Å²) >= 11 is 1.78. The second-order valence-electron chi connectivity index (χ2n) is 2.74. The number of esters is 1. The first-order valence-electron chi connectivity index (χ1n) is 4.31. The van der Waals surface area contributed by atoms with Crippen molar-refractivity contribution in [1.82, 2.24) is 5.32 Å². The Morgan fingerprint density at radius 3 is 3.08 bits per heavy atom. The van der Waals surface area contributed by atoms with Crippen LogP contribution in [0.15, 0.2) is 0 Å². The van der Waals surface area contributed by atoms with Crippen LogP contribution < -0.4 is 5.32 Å². The normalized spacial score (nSPS) is 22.7. The molecule has 0 saturated carbocycles. The van der Waals surface area contributed by atoms with Gasteiger partial charge in [-0.3, -0.25) is 4.79 Å². The molecule has 5 heteroatoms. The van der Waals surface area contributed by atoms with E-state index in [-0.39, 0.29) is 12.0 Å². The summed E-state index contributed by atoms with van der Waals surface area (Å²) in [5, 5.41) is 3.11. The van der Waals surface area contributed by atoms with Crippen molar-refractivity contribution in [3.63, 3.8) is 0 Å². The zero-order valence-electron chi connectivity index (χ0n) is 7.75. The first kappa shape index (κ1) is 10.8. The number of carbonyl (C=O) groups is 1. The third kappa shape index (κ3) is 3.97. The average molecular weight is 205 g/mol. The second-order valence-corrected chi connectivity index (χ2v) is 3.89. The predicted molar refractivity (Wildman–Crippen MR) is 52.0 cm³/mol. The molecule has 1 rings (SSSR count). The van der Waals surface area contributed by atoms with Crippen molar-refractivity contribution in [2.24, 2.45) is 0 Å². The number of carbonyl (C=O) groups excluding carboxylic acids is 1. The van der Waals surface area contributed by atoms with Crippen LogP contribution in [0, 0.1) is 0 Å². The highest BCUT2D eigenvalue weighted by atomic mass is 32.2. The van der Waals surface area contributed by atoms with Crippen molar-refractivity contribution in [1.29, 1.82) is 0 Å². The van der Waals surface area contributed by atoms with E-state index in [1.165, 1.54) is 0 Å². The average Bonchev–Trinajstić information content (AvgIpc) is 2.19. The first-order valence-corrected chi connectivity index (χ1v) is 5.47. The zero-order chi connectivity index (χ0) is 9.52. The van der Waals surface area contributed by atoms with Crippen LogP contribution >= 0.6 is 11.8 Å². The third-order valence-electron chi connectivity index (χ3n) is 1.74. The summed E-state index contributed by atoms with van der Waals surface area (Å²) < 4.78 is 9.76. The topological polar surface area (TPSA) is 47.6 Å². The molecular formula is C8H15NO3S. The summed E-state index contributed by atoms with van der Waals surface area (Å²) in [5.74, 6) is 1.72. The van der Waals surface area contributed by atoms with Gasteiger partial charge in [0.05, 0.1) is 6.61 Å². The van der Waals surface area contributed by atoms with Crippen LogP contribution in [0.3, 0.4) is 0 Å². The first-order chi connectivity index (χ1) is 6.34. The van der Waals surface area contributed by atoms with Gasteiger partial charge in [0, 0.05) is 25.2 Å². The molecule has 1 unspecified atom stereocenters. The molecule has 1 atom stereocenters. The smallest absolute Gasteiger partial charge is 0.324 e. The van der Waals surface area contributed by atoms with Gasteiger partial charge in [0.1, 0.15) is 12.6 Å². The largest absolute Gasteiger partial charge is 0.462 e. The van der Waals surface area contributed by atoms with E-state index >= 15 is 0 Å². The van der Waals surface area contributed by atoms with Crippen molar-refractivity contribution in [3.8, 4) is 0 Å². The van der Waals surface area contributed by atoms with E-state index < -0.39 is 0 Å². The Hall–Kier alpha value is -0.260. The Balaban J connectivity index is 2.13. The van der Waals surface area contributed by atoms with Crippen molar-refractivity contribution < 1.29 is 14.3 Å². The fraction of sp³-hybridized carbons (Fsp3) is 0.875. The second kappa shape index (κ2) is 6.23. The molecular weight excluding hydrogens is 190 g/mol. The standard InChI is InChI=1S/C8H15NO3S/c1-11-3-4-12-8(10)7-6-13-5-2-9-7/h7,9H,2-6H2,1H3. The molecule has 1 aliphatic heterocycles. The van der Waals surface area contributed by atoms with Gasteiger partial charge in [-0.15, -0.1) is 0 Å². The fourth-order valence-corrected chi connectivity index (χ4v) is 1.96. The molecule has 13 heavy (non-hydrogen) atoms. The molecule has 1 saturated heterocycles. The molecule has 76 valence electrons. The highest BCUT2D eigenvalue weighted by molar-refractivity contribution is 7.99. The van der Waals surface area contributed by atoms with Gasteiger partial charge < -0.3 is 14.8 Å². The van der Waals surface area contributed by atoms with E-state index in [9.17, 15) is 4.79 Å². The molecule has 0 spiro atoms. The number of hydrogen-bond acceptors (Lipinski definition) is 5. The minimum atomic E-state index is -0.163. The maximum atomic E-state index is 11.3. The molecule has 1 aliphatic rings. The highest BCUT2D eigenvalue weighted by Crippen LogP contribution is 2.08. The van der Waals surface area contributed by atoms with Gasteiger partial charge in [-0.05, 0) is 0 Å². The summed E-state index contributed by atoms with van der Waals surface area (Å²) in [5.41, 5.74) is 0. The molecule has 0 bridgehead atoms. The van der Waals surface area contributed by atoms with Crippen molar-refractivity contribution >= 4 is 17.7 Å². The predicted octanol–water partition coefficient (Wildman–Crippen LogP) is -0.119. The summed E-state index contributed by atoms with van der Waals surface area (Å²) in [4.78, 5) is 11.3. The van der Waals surface area contributed by atoms with Gasteiger partial charge in [-0.1, -0.05) is 0 Å². The number of methoxy groups -OCH3 is 1. The van der Waals surface area contributed by atoms with Gasteiger partial charge in [0.25, 0.3) is 0 Å². The number of thioether (sulfide) groups is 1. The van der Waals surface area contributed by atoms with Crippen molar-refractivity contribution in [2.45, 2.75) is 6.04 Å². The van der Waals surface area contributed by atoms with Gasteiger partial charge in [0.2, 0.25) is 0 Å². The Morgan fingerprint density at radius 2 is 2.46 bits per heavy atom. The molecule has 4 nitrogen and oxygen atoms in total. The summed E-state index contributed by atoms with van der Waals surface area (Å²) in [6, 6.07) is -0.129. The van der Waals surface area contributed by atoms with Gasteiger partial charge in [-0.2, -0.15) is 11.8 Å². The molecule has 1 heterocycles. The van der Waals surface area contributed by atoms with Crippen LogP contribution in [0.5, 0.6) is 0 Å². The maximum Gasteiger partial charge on any atom is 0.324 e. The molecule has 0 aromatic heterocycles. The summed E-state index contributed by atoms with van der Waals surface area (Å²) in [6.07, 6.45) is 0. The minimum Gasteiger partial charge on any atom is -0.462 e. The highest BCUT2D eigenvalue weighted by Gasteiger charge is 2.21. The Kier molecular flexibility index (Phi) is 5.19. The van der Waals surface area contributed by atoms with Crippen molar-refractivity contribution in [2.75, 3.05) is 38.4 Å². The molecule has 0 radical (unpaired) electrons. The quantitative estimate of drug-likeness (QED) is 0.512. The summed E-state index contributed by atoms with van der Waals surface area (Å²) in [7, 11) is 1.59. The van der Waals surface area contributed by atoms with Gasteiger partial charge in [-0.25, -0.2) is 0 Å². The summed E-state index contributed by atoms with van der Waals surface area (Å²) in [6.45, 7) is 1.69. The lowest BCUT2D eigenvalue weighted by Crippen LogP contribution is -2.44. The van der Waals surface area contributed by atoms with Gasteiger partial charge >= 0.3 is 5.97 Å². The van der Waals surface area contributed by atoms with Crippen LogP contribution in [-0.2, 0) is 14.3 Å². The third-order valence-corrected chi connectivity index (χ3v) is 2.80. The number of hydrogen-bond donors (Lipinski definition) is 1. The fourth-order valence-electron chi connectivity index (χ4n) is 1.04. The SMILES string of the molecule is COCCOC(=O)C1CSCCN1. The molecule has 1 fully saturated rings. The van der Waals surface area contributed by atoms with Crippen LogP contribution in [0.4, 0.5) is 0 Å². The number of rotatable bonds is 4. The lowest BCUT2D eigenvalue weighted by molar-refractivity contribution is -0.146. The van der Waals surface area contributed by atoms with Crippen LogP contribution in [0.2, 0.25) is 0 Å². The number of nitrogens with one attached hydrogen (secondary N) is 1. The lowest BCUT2D eigenvalue weighted by atomic mass is 10.3.